The summed E-state index contributed by atoms with van der Waals surface area (Å²) in [7, 11) is 0. The number of carbonyl (C=O) groups excluding carboxylic acids is 1. The summed E-state index contributed by atoms with van der Waals surface area (Å²) in [4.78, 5) is 15.7. The number of hydrogen-bond donors (Lipinski definition) is 1. The molecule has 0 fully saturated rings. The maximum absolute atomic E-state index is 11.9. The van der Waals surface area contributed by atoms with E-state index in [4.69, 9.17) is 33.7 Å². The van der Waals surface area contributed by atoms with Crippen molar-refractivity contribution in [3.8, 4) is 0 Å². The van der Waals surface area contributed by atoms with Crippen LogP contribution in [0.3, 0.4) is 0 Å². The van der Waals surface area contributed by atoms with Crippen LogP contribution in [0.1, 0.15) is 15.9 Å². The highest BCUT2D eigenvalue weighted by Gasteiger charge is 2.12. The summed E-state index contributed by atoms with van der Waals surface area (Å²) in [5.41, 5.74) is 6.93. The van der Waals surface area contributed by atoms with Gasteiger partial charge in [0.1, 0.15) is 6.61 Å². The Morgan fingerprint density at radius 1 is 1.32 bits per heavy atom. The maximum Gasteiger partial charge on any atom is 0.340 e. The van der Waals surface area contributed by atoms with Gasteiger partial charge < -0.3 is 10.5 Å². The number of anilines is 1. The average molecular weight is 297 g/mol. The fraction of sp³-hybridized carbons (Fsp3) is 0.0769. The third-order valence-electron chi connectivity index (χ3n) is 2.45. The van der Waals surface area contributed by atoms with Crippen LogP contribution in [0, 0.1) is 0 Å². The number of benzene rings is 1. The monoisotopic (exact) mass is 296 g/mol. The number of halogens is 2. The molecule has 98 valence electrons. The molecule has 0 bridgehead atoms. The van der Waals surface area contributed by atoms with Gasteiger partial charge >= 0.3 is 5.97 Å². The van der Waals surface area contributed by atoms with Crippen molar-refractivity contribution in [3.63, 3.8) is 0 Å². The van der Waals surface area contributed by atoms with E-state index in [1.165, 1.54) is 18.3 Å². The van der Waals surface area contributed by atoms with E-state index in [-0.39, 0.29) is 17.9 Å². The Morgan fingerprint density at radius 2 is 2.11 bits per heavy atom. The largest absolute Gasteiger partial charge is 0.457 e. The molecule has 0 aliphatic heterocycles. The second-order valence-electron chi connectivity index (χ2n) is 3.77. The van der Waals surface area contributed by atoms with Crippen LogP contribution in [-0.4, -0.2) is 11.0 Å². The van der Waals surface area contributed by atoms with Crippen LogP contribution in [0.25, 0.3) is 0 Å². The molecule has 0 radical (unpaired) electrons. The van der Waals surface area contributed by atoms with Crippen molar-refractivity contribution in [1.29, 1.82) is 0 Å². The van der Waals surface area contributed by atoms with Crippen molar-refractivity contribution in [2.45, 2.75) is 6.61 Å². The molecule has 6 heteroatoms. The first-order valence-corrected chi connectivity index (χ1v) is 6.14. The minimum absolute atomic E-state index is 0.0578. The highest BCUT2D eigenvalue weighted by Crippen LogP contribution is 2.20. The molecule has 0 amide bonds. The van der Waals surface area contributed by atoms with Crippen LogP contribution < -0.4 is 5.73 Å². The van der Waals surface area contributed by atoms with Gasteiger partial charge in [-0.25, -0.2) is 4.79 Å². The zero-order valence-electron chi connectivity index (χ0n) is 9.77. The van der Waals surface area contributed by atoms with Crippen molar-refractivity contribution in [2.75, 3.05) is 5.73 Å². The summed E-state index contributed by atoms with van der Waals surface area (Å²) in [6.45, 7) is 0.0578. The number of nitrogens with zero attached hydrogens (tertiary/aromatic N) is 1. The fourth-order valence-corrected chi connectivity index (χ4v) is 1.82. The number of rotatable bonds is 3. The van der Waals surface area contributed by atoms with E-state index in [1.54, 1.807) is 18.3 Å². The predicted octanol–water partition coefficient (Wildman–Crippen LogP) is 3.33. The van der Waals surface area contributed by atoms with Crippen LogP contribution in [-0.2, 0) is 11.3 Å². The molecule has 0 saturated heterocycles. The fourth-order valence-electron chi connectivity index (χ4n) is 1.46. The number of carbonyl (C=O) groups is 1. The quantitative estimate of drug-likeness (QED) is 0.697. The summed E-state index contributed by atoms with van der Waals surface area (Å²) < 4.78 is 5.14. The van der Waals surface area contributed by atoms with E-state index >= 15 is 0 Å². The molecule has 0 spiro atoms. The van der Waals surface area contributed by atoms with Crippen molar-refractivity contribution in [3.05, 3.63) is 57.8 Å². The van der Waals surface area contributed by atoms with Gasteiger partial charge in [-0.1, -0.05) is 23.2 Å². The predicted molar refractivity (Wildman–Crippen MR) is 74.2 cm³/mol. The number of esters is 1. The lowest BCUT2D eigenvalue weighted by Gasteiger charge is -2.08. The van der Waals surface area contributed by atoms with Gasteiger partial charge in [-0.2, -0.15) is 0 Å². The molecule has 4 nitrogen and oxygen atoms in total. The van der Waals surface area contributed by atoms with E-state index in [0.717, 1.165) is 0 Å². The molecule has 1 aromatic carbocycles. The zero-order chi connectivity index (χ0) is 13.8. The second kappa shape index (κ2) is 5.91. The molecular formula is C13H10Cl2N2O2. The second-order valence-corrected chi connectivity index (χ2v) is 4.62. The van der Waals surface area contributed by atoms with Gasteiger partial charge in [0.15, 0.2) is 0 Å². The summed E-state index contributed by atoms with van der Waals surface area (Å²) in [5.74, 6) is -0.526. The van der Waals surface area contributed by atoms with Crippen LogP contribution in [0.2, 0.25) is 10.0 Å². The van der Waals surface area contributed by atoms with Gasteiger partial charge in [0, 0.05) is 28.7 Å². The molecule has 1 heterocycles. The molecular weight excluding hydrogens is 287 g/mol. The summed E-state index contributed by atoms with van der Waals surface area (Å²) in [6, 6.07) is 6.28. The van der Waals surface area contributed by atoms with E-state index in [0.29, 0.717) is 15.6 Å². The Labute approximate surface area is 120 Å². The van der Waals surface area contributed by atoms with Gasteiger partial charge in [0.05, 0.1) is 10.6 Å². The normalized spacial score (nSPS) is 10.2. The molecule has 0 unspecified atom stereocenters. The number of nitrogen functional groups attached to an aromatic ring is 1. The molecule has 2 rings (SSSR count). The Morgan fingerprint density at radius 3 is 2.79 bits per heavy atom. The number of hydrogen-bond acceptors (Lipinski definition) is 4. The molecule has 19 heavy (non-hydrogen) atoms. The highest BCUT2D eigenvalue weighted by molar-refractivity contribution is 6.31. The van der Waals surface area contributed by atoms with Gasteiger partial charge in [0.25, 0.3) is 0 Å². The third-order valence-corrected chi connectivity index (χ3v) is 3.02. The molecule has 2 aromatic rings. The van der Waals surface area contributed by atoms with Gasteiger partial charge in [-0.15, -0.1) is 0 Å². The summed E-state index contributed by atoms with van der Waals surface area (Å²) in [5, 5.41) is 0.908. The van der Waals surface area contributed by atoms with Gasteiger partial charge in [-0.05, 0) is 24.3 Å². The number of nitrogens with two attached hydrogens (primary N) is 1. The van der Waals surface area contributed by atoms with E-state index in [2.05, 4.69) is 4.98 Å². The standard InChI is InChI=1S/C13H10Cl2N2O2/c14-9-1-2-10(12(16)5-9)13(18)19-7-8-3-4-17-6-11(8)15/h1-6H,7,16H2. The third kappa shape index (κ3) is 3.36. The van der Waals surface area contributed by atoms with Crippen LogP contribution in [0.15, 0.2) is 36.7 Å². The molecule has 0 aliphatic carbocycles. The highest BCUT2D eigenvalue weighted by atomic mass is 35.5. The lowest BCUT2D eigenvalue weighted by Crippen LogP contribution is -2.08. The first-order valence-electron chi connectivity index (χ1n) is 5.38. The zero-order valence-corrected chi connectivity index (χ0v) is 11.3. The Hall–Kier alpha value is -1.78. The van der Waals surface area contributed by atoms with Gasteiger partial charge in [0.2, 0.25) is 0 Å². The van der Waals surface area contributed by atoms with E-state index in [9.17, 15) is 4.79 Å². The van der Waals surface area contributed by atoms with Gasteiger partial charge in [-0.3, -0.25) is 4.98 Å². The Balaban J connectivity index is 2.08. The van der Waals surface area contributed by atoms with Crippen LogP contribution in [0.5, 0.6) is 0 Å². The smallest absolute Gasteiger partial charge is 0.340 e. The lowest BCUT2D eigenvalue weighted by atomic mass is 10.2. The first kappa shape index (κ1) is 13.6. The number of pyridine rings is 1. The molecule has 1 aromatic heterocycles. The van der Waals surface area contributed by atoms with Crippen molar-refractivity contribution < 1.29 is 9.53 Å². The molecule has 2 N–H and O–H groups in total. The lowest BCUT2D eigenvalue weighted by molar-refractivity contribution is 0.0474. The van der Waals surface area contributed by atoms with Crippen molar-refractivity contribution in [1.82, 2.24) is 4.98 Å². The summed E-state index contributed by atoms with van der Waals surface area (Å²) in [6.07, 6.45) is 3.06. The summed E-state index contributed by atoms with van der Waals surface area (Å²) >= 11 is 11.7. The van der Waals surface area contributed by atoms with Crippen molar-refractivity contribution >= 4 is 34.9 Å². The molecule has 0 aliphatic rings. The minimum Gasteiger partial charge on any atom is -0.457 e. The molecule has 0 saturated carbocycles. The van der Waals surface area contributed by atoms with Crippen molar-refractivity contribution in [2.24, 2.45) is 0 Å². The minimum atomic E-state index is -0.526. The SMILES string of the molecule is Nc1cc(Cl)ccc1C(=O)OCc1ccncc1Cl. The molecule has 0 atom stereocenters. The Kier molecular flexibility index (Phi) is 4.24. The van der Waals surface area contributed by atoms with E-state index < -0.39 is 5.97 Å². The Bertz CT molecular complexity index is 617. The topological polar surface area (TPSA) is 65.2 Å². The maximum atomic E-state index is 11.9. The van der Waals surface area contributed by atoms with Crippen LogP contribution >= 0.6 is 23.2 Å². The number of ether oxygens (including phenoxy) is 1. The average Bonchev–Trinajstić information content (AvgIpc) is 2.37. The first-order chi connectivity index (χ1) is 9.08. The number of aromatic nitrogens is 1. The van der Waals surface area contributed by atoms with Crippen LogP contribution in [0.4, 0.5) is 5.69 Å². The van der Waals surface area contributed by atoms with E-state index in [1.807, 2.05) is 0 Å².